The van der Waals surface area contributed by atoms with Gasteiger partial charge in [-0.05, 0) is 19.1 Å². The number of carbonyl (C=O) groups is 2. The van der Waals surface area contributed by atoms with E-state index in [0.717, 1.165) is 16.2 Å². The Morgan fingerprint density at radius 1 is 1.28 bits per heavy atom. The van der Waals surface area contributed by atoms with Crippen LogP contribution in [-0.4, -0.2) is 24.3 Å². The van der Waals surface area contributed by atoms with Gasteiger partial charge in [-0.15, -0.1) is 23.1 Å². The van der Waals surface area contributed by atoms with Crippen LogP contribution in [0.4, 0.5) is 5.00 Å². The number of thioether (sulfide) groups is 1. The van der Waals surface area contributed by atoms with Crippen LogP contribution in [0.15, 0.2) is 35.2 Å². The predicted molar refractivity (Wildman–Crippen MR) is 96.4 cm³/mol. The molecular formula is C17H16N2O4S2. The Morgan fingerprint density at radius 2 is 2.00 bits per heavy atom. The van der Waals surface area contributed by atoms with Crippen molar-refractivity contribution in [3.63, 3.8) is 0 Å². The van der Waals surface area contributed by atoms with Gasteiger partial charge in [0.2, 0.25) is 0 Å². The Balaban J connectivity index is 2.02. The van der Waals surface area contributed by atoms with E-state index in [-0.39, 0.29) is 34.4 Å². The van der Waals surface area contributed by atoms with Crippen molar-refractivity contribution in [2.24, 2.45) is 0 Å². The summed E-state index contributed by atoms with van der Waals surface area (Å²) in [5.41, 5.74) is 6.21. The second-order valence-electron chi connectivity index (χ2n) is 4.74. The monoisotopic (exact) mass is 376 g/mol. The first-order valence-electron chi connectivity index (χ1n) is 7.38. The third-order valence-electron chi connectivity index (χ3n) is 3.08. The van der Waals surface area contributed by atoms with E-state index in [9.17, 15) is 14.9 Å². The van der Waals surface area contributed by atoms with E-state index in [1.54, 1.807) is 6.92 Å². The number of nitrogen functional groups attached to an aromatic ring is 1. The summed E-state index contributed by atoms with van der Waals surface area (Å²) in [5.74, 6) is -0.900. The van der Waals surface area contributed by atoms with E-state index in [1.807, 2.05) is 36.4 Å². The number of nitrogens with zero attached hydrogens (tertiary/aromatic N) is 1. The molecule has 0 bridgehead atoms. The maximum absolute atomic E-state index is 12.0. The number of nitriles is 1. The van der Waals surface area contributed by atoms with Crippen molar-refractivity contribution in [1.82, 2.24) is 0 Å². The van der Waals surface area contributed by atoms with E-state index >= 15 is 0 Å². The topological polar surface area (TPSA) is 102 Å². The van der Waals surface area contributed by atoms with Gasteiger partial charge in [0, 0.05) is 10.5 Å². The van der Waals surface area contributed by atoms with Crippen molar-refractivity contribution in [3.05, 3.63) is 46.3 Å². The van der Waals surface area contributed by atoms with Crippen LogP contribution in [0.25, 0.3) is 0 Å². The molecule has 2 rings (SSSR count). The van der Waals surface area contributed by atoms with Crippen LogP contribution in [0.3, 0.4) is 0 Å². The van der Waals surface area contributed by atoms with Crippen LogP contribution in [0.1, 0.15) is 27.7 Å². The summed E-state index contributed by atoms with van der Waals surface area (Å²) < 4.78 is 10.2. The summed E-state index contributed by atoms with van der Waals surface area (Å²) in [4.78, 5) is 25.1. The number of anilines is 1. The van der Waals surface area contributed by atoms with Gasteiger partial charge in [0.15, 0.2) is 0 Å². The van der Waals surface area contributed by atoms with E-state index in [2.05, 4.69) is 0 Å². The molecule has 0 saturated carbocycles. The molecular weight excluding hydrogens is 360 g/mol. The molecule has 0 saturated heterocycles. The molecule has 0 spiro atoms. The maximum Gasteiger partial charge on any atom is 0.348 e. The number of carbonyl (C=O) groups excluding carboxylic acids is 2. The number of nitrogens with two attached hydrogens (primary N) is 1. The number of ether oxygens (including phenoxy) is 2. The Kier molecular flexibility index (Phi) is 6.86. The van der Waals surface area contributed by atoms with Gasteiger partial charge < -0.3 is 15.2 Å². The highest BCUT2D eigenvalue weighted by Gasteiger charge is 2.23. The minimum Gasteiger partial charge on any atom is -0.462 e. The zero-order valence-corrected chi connectivity index (χ0v) is 15.1. The zero-order chi connectivity index (χ0) is 18.2. The molecule has 0 amide bonds. The summed E-state index contributed by atoms with van der Waals surface area (Å²) >= 11 is 2.30. The molecule has 0 unspecified atom stereocenters. The van der Waals surface area contributed by atoms with Gasteiger partial charge >= 0.3 is 11.9 Å². The molecule has 0 atom stereocenters. The van der Waals surface area contributed by atoms with Gasteiger partial charge in [-0.1, -0.05) is 18.2 Å². The molecule has 0 aliphatic carbocycles. The van der Waals surface area contributed by atoms with Crippen LogP contribution in [0.2, 0.25) is 0 Å². The minimum atomic E-state index is -0.578. The fourth-order valence-electron chi connectivity index (χ4n) is 1.96. The molecule has 0 aliphatic heterocycles. The second kappa shape index (κ2) is 9.11. The quantitative estimate of drug-likeness (QED) is 0.584. The van der Waals surface area contributed by atoms with E-state index < -0.39 is 11.9 Å². The van der Waals surface area contributed by atoms with Crippen LogP contribution < -0.4 is 5.73 Å². The molecule has 0 fully saturated rings. The fraction of sp³-hybridized carbons (Fsp3) is 0.235. The van der Waals surface area contributed by atoms with Crippen molar-refractivity contribution in [1.29, 1.82) is 5.26 Å². The molecule has 0 radical (unpaired) electrons. The Hall–Kier alpha value is -2.50. The molecule has 2 aromatic rings. The number of rotatable bonds is 7. The number of hydrogen-bond acceptors (Lipinski definition) is 8. The summed E-state index contributed by atoms with van der Waals surface area (Å²) in [6, 6.07) is 11.4. The number of esters is 2. The molecule has 8 heteroatoms. The highest BCUT2D eigenvalue weighted by molar-refractivity contribution is 8.00. The molecule has 130 valence electrons. The van der Waals surface area contributed by atoms with Gasteiger partial charge in [-0.2, -0.15) is 5.26 Å². The van der Waals surface area contributed by atoms with E-state index in [4.69, 9.17) is 15.2 Å². The van der Waals surface area contributed by atoms with Gasteiger partial charge in [0.05, 0.1) is 17.9 Å². The third kappa shape index (κ3) is 4.98. The van der Waals surface area contributed by atoms with Crippen LogP contribution in [-0.2, 0) is 20.9 Å². The number of benzene rings is 1. The highest BCUT2D eigenvalue weighted by atomic mass is 32.2. The SMILES string of the molecule is CCOC(=O)c1sc(N)c(C#N)c1COC(=O)CSc1ccccc1. The molecule has 1 heterocycles. The molecule has 2 N–H and O–H groups in total. The van der Waals surface area contributed by atoms with Crippen LogP contribution >= 0.6 is 23.1 Å². The smallest absolute Gasteiger partial charge is 0.348 e. The zero-order valence-electron chi connectivity index (χ0n) is 13.5. The van der Waals surface area contributed by atoms with Crippen molar-refractivity contribution in [3.8, 4) is 6.07 Å². The number of hydrogen-bond donors (Lipinski definition) is 1. The summed E-state index contributed by atoms with van der Waals surface area (Å²) in [6.07, 6.45) is 0. The van der Waals surface area contributed by atoms with Crippen molar-refractivity contribution >= 4 is 40.0 Å². The van der Waals surface area contributed by atoms with E-state index in [1.165, 1.54) is 11.8 Å². The fourth-order valence-corrected chi connectivity index (χ4v) is 3.59. The molecule has 0 aliphatic rings. The minimum absolute atomic E-state index is 0.125. The lowest BCUT2D eigenvalue weighted by Crippen LogP contribution is -2.11. The lowest BCUT2D eigenvalue weighted by molar-refractivity contribution is -0.141. The molecule has 1 aromatic carbocycles. The first-order valence-corrected chi connectivity index (χ1v) is 9.18. The predicted octanol–water partition coefficient (Wildman–Crippen LogP) is 3.21. The number of thiophene rings is 1. The maximum atomic E-state index is 12.0. The largest absolute Gasteiger partial charge is 0.462 e. The Labute approximate surface area is 153 Å². The lowest BCUT2D eigenvalue weighted by Gasteiger charge is -2.07. The molecule has 25 heavy (non-hydrogen) atoms. The second-order valence-corrected chi connectivity index (χ2v) is 6.84. The summed E-state index contributed by atoms with van der Waals surface area (Å²) in [7, 11) is 0. The lowest BCUT2D eigenvalue weighted by atomic mass is 10.1. The van der Waals surface area contributed by atoms with Gasteiger partial charge in [0.1, 0.15) is 22.6 Å². The van der Waals surface area contributed by atoms with E-state index in [0.29, 0.717) is 5.56 Å². The average Bonchev–Trinajstić information content (AvgIpc) is 2.94. The standard InChI is InChI=1S/C17H16N2O4S2/c1-2-22-17(21)15-13(12(8-18)16(19)25-15)9-23-14(20)10-24-11-6-4-3-5-7-11/h3-7H,2,9-10,19H2,1H3. The first kappa shape index (κ1) is 18.8. The van der Waals surface area contributed by atoms with Gasteiger partial charge in [-0.25, -0.2) is 4.79 Å². The van der Waals surface area contributed by atoms with Crippen molar-refractivity contribution < 1.29 is 19.1 Å². The average molecular weight is 376 g/mol. The van der Waals surface area contributed by atoms with Crippen molar-refractivity contribution in [2.75, 3.05) is 18.1 Å². The Morgan fingerprint density at radius 3 is 2.64 bits per heavy atom. The highest BCUT2D eigenvalue weighted by Crippen LogP contribution is 2.32. The van der Waals surface area contributed by atoms with Gasteiger partial charge in [-0.3, -0.25) is 4.79 Å². The Bertz CT molecular complexity index is 797. The molecule has 1 aromatic heterocycles. The van der Waals surface area contributed by atoms with Crippen molar-refractivity contribution in [2.45, 2.75) is 18.4 Å². The van der Waals surface area contributed by atoms with Crippen LogP contribution in [0, 0.1) is 11.3 Å². The van der Waals surface area contributed by atoms with Gasteiger partial charge in [0.25, 0.3) is 0 Å². The van der Waals surface area contributed by atoms with Crippen LogP contribution in [0.5, 0.6) is 0 Å². The third-order valence-corrected chi connectivity index (χ3v) is 5.11. The summed E-state index contributed by atoms with van der Waals surface area (Å²) in [6.45, 7) is 1.69. The first-order chi connectivity index (χ1) is 12.1. The molecule has 6 nitrogen and oxygen atoms in total. The summed E-state index contributed by atoms with van der Waals surface area (Å²) in [5, 5.41) is 9.43. The normalized spacial score (nSPS) is 10.1.